The van der Waals surface area contributed by atoms with Gasteiger partial charge in [0.2, 0.25) is 5.89 Å². The van der Waals surface area contributed by atoms with Gasteiger partial charge in [0.1, 0.15) is 17.8 Å². The van der Waals surface area contributed by atoms with E-state index in [9.17, 15) is 4.79 Å². The van der Waals surface area contributed by atoms with Crippen LogP contribution in [0.3, 0.4) is 0 Å². The van der Waals surface area contributed by atoms with Gasteiger partial charge in [-0.2, -0.15) is 0 Å². The highest BCUT2D eigenvalue weighted by molar-refractivity contribution is 5.91. The van der Waals surface area contributed by atoms with E-state index in [1.165, 1.54) is 11.8 Å². The smallest absolute Gasteiger partial charge is 0.273 e. The Labute approximate surface area is 205 Å². The molecule has 0 bridgehead atoms. The Hall–Kier alpha value is -3.94. The van der Waals surface area contributed by atoms with E-state index < -0.39 is 0 Å². The number of methoxy groups -OCH3 is 1. The van der Waals surface area contributed by atoms with Crippen molar-refractivity contribution in [3.63, 3.8) is 0 Å². The van der Waals surface area contributed by atoms with Crippen LogP contribution in [-0.2, 0) is 24.4 Å². The van der Waals surface area contributed by atoms with Crippen LogP contribution in [0.25, 0.3) is 0 Å². The Bertz CT molecular complexity index is 1200. The van der Waals surface area contributed by atoms with E-state index >= 15 is 0 Å². The highest BCUT2D eigenvalue weighted by atomic mass is 16.5. The van der Waals surface area contributed by atoms with E-state index in [1.807, 2.05) is 66.7 Å². The van der Waals surface area contributed by atoms with Crippen LogP contribution in [0.15, 0.2) is 95.6 Å². The second-order valence-electron chi connectivity index (χ2n) is 8.07. The normalized spacial score (nSPS) is 10.9. The number of oxazole rings is 1. The van der Waals surface area contributed by atoms with Gasteiger partial charge in [-0.15, -0.1) is 0 Å². The van der Waals surface area contributed by atoms with Crippen LogP contribution >= 0.6 is 0 Å². The van der Waals surface area contributed by atoms with Crippen LogP contribution in [0, 0.1) is 0 Å². The van der Waals surface area contributed by atoms with Crippen molar-refractivity contribution in [3.05, 3.63) is 114 Å². The summed E-state index contributed by atoms with van der Waals surface area (Å²) in [6.45, 7) is 2.65. The molecule has 4 aromatic rings. The summed E-state index contributed by atoms with van der Waals surface area (Å²) in [5.74, 6) is 1.77. The molecule has 0 aliphatic rings. The third kappa shape index (κ3) is 7.53. The lowest BCUT2D eigenvalue weighted by Gasteiger charge is -2.21. The van der Waals surface area contributed by atoms with E-state index in [0.29, 0.717) is 38.7 Å². The van der Waals surface area contributed by atoms with Crippen LogP contribution in [0.1, 0.15) is 27.5 Å². The van der Waals surface area contributed by atoms with Crippen molar-refractivity contribution in [2.24, 2.45) is 0 Å². The van der Waals surface area contributed by atoms with Gasteiger partial charge in [0.05, 0.1) is 13.2 Å². The molecule has 0 saturated carbocycles. The molecule has 3 aromatic carbocycles. The molecule has 7 nitrogen and oxygen atoms in total. The minimum atomic E-state index is -0.280. The van der Waals surface area contributed by atoms with Crippen molar-refractivity contribution in [2.45, 2.75) is 19.6 Å². The fraction of sp³-hybridized carbons (Fsp3) is 0.214. The predicted octanol–water partition coefficient (Wildman–Crippen LogP) is 5.05. The van der Waals surface area contributed by atoms with Gasteiger partial charge in [0, 0.05) is 26.7 Å². The number of aromatic nitrogens is 1. The van der Waals surface area contributed by atoms with Crippen LogP contribution in [0.4, 0.5) is 0 Å². The first-order chi connectivity index (χ1) is 17.2. The second-order valence-corrected chi connectivity index (χ2v) is 8.07. The Balaban J connectivity index is 1.47. The van der Waals surface area contributed by atoms with Crippen molar-refractivity contribution in [2.75, 3.05) is 20.3 Å². The summed E-state index contributed by atoms with van der Waals surface area (Å²) in [5, 5.41) is 2.76. The summed E-state index contributed by atoms with van der Waals surface area (Å²) in [6.07, 6.45) is 1.40. The van der Waals surface area contributed by atoms with Crippen LogP contribution in [-0.4, -0.2) is 36.1 Å². The number of ether oxygens (including phenoxy) is 2. The average molecular weight is 472 g/mol. The lowest BCUT2D eigenvalue weighted by Crippen LogP contribution is -2.27. The third-order valence-corrected chi connectivity index (χ3v) is 5.27. The number of para-hydroxylation sites is 1. The molecule has 0 atom stereocenters. The molecule has 180 valence electrons. The fourth-order valence-corrected chi connectivity index (χ4v) is 3.64. The van der Waals surface area contributed by atoms with Crippen molar-refractivity contribution < 1.29 is 18.7 Å². The Morgan fingerprint density at radius 2 is 1.57 bits per heavy atom. The summed E-state index contributed by atoms with van der Waals surface area (Å²) in [4.78, 5) is 18.9. The topological polar surface area (TPSA) is 76.8 Å². The van der Waals surface area contributed by atoms with Gasteiger partial charge in [-0.25, -0.2) is 4.98 Å². The molecule has 0 saturated heterocycles. The lowest BCUT2D eigenvalue weighted by molar-refractivity contribution is 0.0932. The number of carbonyl (C=O) groups excluding carboxylic acids is 1. The minimum Gasteiger partial charge on any atom is -0.457 e. The highest BCUT2D eigenvalue weighted by Crippen LogP contribution is 2.23. The maximum Gasteiger partial charge on any atom is 0.273 e. The number of nitrogens with zero attached hydrogens (tertiary/aromatic N) is 2. The molecule has 1 N–H and O–H groups in total. The molecule has 1 heterocycles. The van der Waals surface area contributed by atoms with Crippen molar-refractivity contribution in [1.82, 2.24) is 15.2 Å². The SMILES string of the molecule is COCCNC(=O)c1coc(CN(Cc2ccccc2)Cc2cccc(Oc3ccccc3)c2)n1. The van der Waals surface area contributed by atoms with E-state index in [4.69, 9.17) is 13.9 Å². The number of carbonyl (C=O) groups is 1. The number of hydrogen-bond acceptors (Lipinski definition) is 6. The first-order valence-electron chi connectivity index (χ1n) is 11.5. The van der Waals surface area contributed by atoms with Crippen LogP contribution < -0.4 is 10.1 Å². The van der Waals surface area contributed by atoms with Crippen LogP contribution in [0.5, 0.6) is 11.5 Å². The molecule has 4 rings (SSSR count). The molecule has 1 amide bonds. The van der Waals surface area contributed by atoms with Gasteiger partial charge in [0.15, 0.2) is 5.69 Å². The number of benzene rings is 3. The van der Waals surface area contributed by atoms with E-state index in [1.54, 1.807) is 7.11 Å². The molecular formula is C28H29N3O4. The molecule has 0 fully saturated rings. The van der Waals surface area contributed by atoms with Crippen molar-refractivity contribution in [1.29, 1.82) is 0 Å². The first kappa shape index (κ1) is 24.2. The van der Waals surface area contributed by atoms with Crippen molar-refractivity contribution >= 4 is 5.91 Å². The number of nitrogens with one attached hydrogen (secondary N) is 1. The molecule has 0 aliphatic heterocycles. The number of amides is 1. The zero-order chi connectivity index (χ0) is 24.3. The number of hydrogen-bond donors (Lipinski definition) is 1. The first-order valence-corrected chi connectivity index (χ1v) is 11.5. The van der Waals surface area contributed by atoms with Crippen molar-refractivity contribution in [3.8, 4) is 11.5 Å². The molecule has 0 unspecified atom stereocenters. The van der Waals surface area contributed by atoms with Gasteiger partial charge >= 0.3 is 0 Å². The standard InChI is InChI=1S/C28H29N3O4/c1-33-16-15-29-28(32)26-21-34-27(30-26)20-31(18-22-9-4-2-5-10-22)19-23-11-8-14-25(17-23)35-24-12-6-3-7-13-24/h2-14,17,21H,15-16,18-20H2,1H3,(H,29,32). The maximum absolute atomic E-state index is 12.3. The molecule has 7 heteroatoms. The van der Waals surface area contributed by atoms with Gasteiger partial charge in [-0.3, -0.25) is 9.69 Å². The molecule has 1 aromatic heterocycles. The highest BCUT2D eigenvalue weighted by Gasteiger charge is 2.16. The Kier molecular flexibility index (Phi) is 8.64. The summed E-state index contributed by atoms with van der Waals surface area (Å²) in [6, 6.07) is 28.0. The molecule has 0 radical (unpaired) electrons. The van der Waals surface area contributed by atoms with E-state index in [-0.39, 0.29) is 11.6 Å². The Morgan fingerprint density at radius 3 is 2.34 bits per heavy atom. The molecule has 0 aliphatic carbocycles. The third-order valence-electron chi connectivity index (χ3n) is 5.27. The quantitative estimate of drug-likeness (QED) is 0.292. The zero-order valence-electron chi connectivity index (χ0n) is 19.7. The lowest BCUT2D eigenvalue weighted by atomic mass is 10.1. The van der Waals surface area contributed by atoms with Gasteiger partial charge in [-0.1, -0.05) is 60.7 Å². The van der Waals surface area contributed by atoms with Gasteiger partial charge in [-0.05, 0) is 35.4 Å². The van der Waals surface area contributed by atoms with Gasteiger partial charge < -0.3 is 19.2 Å². The second kappa shape index (κ2) is 12.5. The monoisotopic (exact) mass is 471 g/mol. The largest absolute Gasteiger partial charge is 0.457 e. The zero-order valence-corrected chi connectivity index (χ0v) is 19.7. The summed E-state index contributed by atoms with van der Waals surface area (Å²) >= 11 is 0. The number of rotatable bonds is 12. The average Bonchev–Trinajstić information content (AvgIpc) is 3.34. The van der Waals surface area contributed by atoms with E-state index in [2.05, 4.69) is 33.4 Å². The summed E-state index contributed by atoms with van der Waals surface area (Å²) in [7, 11) is 1.59. The molecule has 0 spiro atoms. The predicted molar refractivity (Wildman–Crippen MR) is 133 cm³/mol. The molecule has 35 heavy (non-hydrogen) atoms. The summed E-state index contributed by atoms with van der Waals surface area (Å²) < 4.78 is 16.6. The van der Waals surface area contributed by atoms with Crippen LogP contribution in [0.2, 0.25) is 0 Å². The maximum atomic E-state index is 12.3. The molecular weight excluding hydrogens is 442 g/mol. The summed E-state index contributed by atoms with van der Waals surface area (Å²) in [5.41, 5.74) is 2.53. The fourth-order valence-electron chi connectivity index (χ4n) is 3.64. The van der Waals surface area contributed by atoms with Gasteiger partial charge in [0.25, 0.3) is 5.91 Å². The Morgan fingerprint density at radius 1 is 0.886 bits per heavy atom. The van der Waals surface area contributed by atoms with E-state index in [0.717, 1.165) is 17.1 Å². The minimum absolute atomic E-state index is 0.258.